The molecule has 0 saturated carbocycles. The van der Waals surface area contributed by atoms with E-state index in [1.165, 1.54) is 0 Å². The first-order chi connectivity index (χ1) is 10.0. The minimum atomic E-state index is -0.401. The van der Waals surface area contributed by atoms with Crippen LogP contribution in [-0.4, -0.2) is 24.4 Å². The lowest BCUT2D eigenvalue weighted by atomic mass is 10.1. The Bertz CT molecular complexity index is 525. The Labute approximate surface area is 126 Å². The van der Waals surface area contributed by atoms with Crippen molar-refractivity contribution in [2.24, 2.45) is 5.92 Å². The summed E-state index contributed by atoms with van der Waals surface area (Å²) in [7, 11) is 0. The van der Waals surface area contributed by atoms with Gasteiger partial charge in [-0.05, 0) is 24.0 Å². The summed E-state index contributed by atoms with van der Waals surface area (Å²) < 4.78 is 0. The third kappa shape index (κ3) is 3.43. The molecular weight excluding hydrogens is 264 g/mol. The van der Waals surface area contributed by atoms with Gasteiger partial charge in [0.05, 0.1) is 0 Å². The van der Waals surface area contributed by atoms with Crippen molar-refractivity contribution in [1.82, 2.24) is 5.32 Å². The highest BCUT2D eigenvalue weighted by Gasteiger charge is 2.37. The molecule has 1 aliphatic rings. The van der Waals surface area contributed by atoms with Gasteiger partial charge in [0.1, 0.15) is 6.04 Å². The second-order valence-corrected chi connectivity index (χ2v) is 5.94. The first kappa shape index (κ1) is 15.5. The van der Waals surface area contributed by atoms with Gasteiger partial charge in [-0.3, -0.25) is 14.5 Å². The standard InChI is InChI=1S/C17H24N2O2/c1-4-16(20)19-14-8-6-5-7-13(14)11-15(19)17(21)18-10-9-12(2)3/h5-8,12,15H,4,9-11H2,1-3H3,(H,18,21)/t15-/m0/s1. The number of hydrogen-bond acceptors (Lipinski definition) is 2. The summed E-state index contributed by atoms with van der Waals surface area (Å²) >= 11 is 0. The van der Waals surface area contributed by atoms with Gasteiger partial charge in [-0.1, -0.05) is 39.0 Å². The summed E-state index contributed by atoms with van der Waals surface area (Å²) in [6, 6.07) is 7.37. The van der Waals surface area contributed by atoms with E-state index in [0.29, 0.717) is 25.3 Å². The van der Waals surface area contributed by atoms with E-state index in [1.807, 2.05) is 31.2 Å². The van der Waals surface area contributed by atoms with Crippen LogP contribution in [0, 0.1) is 5.92 Å². The number of amides is 2. The van der Waals surface area contributed by atoms with E-state index in [-0.39, 0.29) is 11.8 Å². The van der Waals surface area contributed by atoms with Crippen molar-refractivity contribution in [1.29, 1.82) is 0 Å². The number of nitrogens with one attached hydrogen (secondary N) is 1. The minimum Gasteiger partial charge on any atom is -0.354 e. The summed E-state index contributed by atoms with van der Waals surface area (Å²) in [5, 5.41) is 2.97. The van der Waals surface area contributed by atoms with Gasteiger partial charge < -0.3 is 5.32 Å². The van der Waals surface area contributed by atoms with Crippen molar-refractivity contribution >= 4 is 17.5 Å². The molecule has 0 aromatic heterocycles. The van der Waals surface area contributed by atoms with Gasteiger partial charge in [-0.15, -0.1) is 0 Å². The number of carbonyl (C=O) groups excluding carboxylic acids is 2. The molecule has 0 bridgehead atoms. The molecule has 1 aromatic rings. The van der Waals surface area contributed by atoms with Gasteiger partial charge in [0.2, 0.25) is 11.8 Å². The van der Waals surface area contributed by atoms with Gasteiger partial charge in [0.15, 0.2) is 0 Å². The number of para-hydroxylation sites is 1. The van der Waals surface area contributed by atoms with Crippen LogP contribution in [-0.2, 0) is 16.0 Å². The monoisotopic (exact) mass is 288 g/mol. The number of nitrogens with zero attached hydrogens (tertiary/aromatic N) is 1. The molecule has 4 heteroatoms. The van der Waals surface area contributed by atoms with Crippen LogP contribution >= 0.6 is 0 Å². The quantitative estimate of drug-likeness (QED) is 0.905. The second kappa shape index (κ2) is 6.74. The molecule has 0 fully saturated rings. The van der Waals surface area contributed by atoms with E-state index in [2.05, 4.69) is 19.2 Å². The van der Waals surface area contributed by atoms with Crippen molar-refractivity contribution < 1.29 is 9.59 Å². The van der Waals surface area contributed by atoms with Crippen molar-refractivity contribution in [3.63, 3.8) is 0 Å². The minimum absolute atomic E-state index is 0.00367. The maximum Gasteiger partial charge on any atom is 0.243 e. The predicted molar refractivity (Wildman–Crippen MR) is 84.2 cm³/mol. The fraction of sp³-hybridized carbons (Fsp3) is 0.529. The van der Waals surface area contributed by atoms with Gasteiger partial charge in [-0.2, -0.15) is 0 Å². The van der Waals surface area contributed by atoms with Gasteiger partial charge in [0.25, 0.3) is 0 Å². The smallest absolute Gasteiger partial charge is 0.243 e. The molecule has 1 aliphatic heterocycles. The zero-order chi connectivity index (χ0) is 15.4. The largest absolute Gasteiger partial charge is 0.354 e. The first-order valence-electron chi connectivity index (χ1n) is 7.72. The molecule has 2 amide bonds. The van der Waals surface area contributed by atoms with E-state index >= 15 is 0 Å². The summed E-state index contributed by atoms with van der Waals surface area (Å²) in [6.45, 7) is 6.75. The highest BCUT2D eigenvalue weighted by atomic mass is 16.2. The number of carbonyl (C=O) groups is 2. The zero-order valence-electron chi connectivity index (χ0n) is 13.1. The fourth-order valence-corrected chi connectivity index (χ4v) is 2.68. The maximum atomic E-state index is 12.4. The van der Waals surface area contributed by atoms with Crippen LogP contribution in [0.15, 0.2) is 24.3 Å². The molecule has 0 spiro atoms. The molecule has 0 aliphatic carbocycles. The lowest BCUT2D eigenvalue weighted by molar-refractivity contribution is -0.126. The van der Waals surface area contributed by atoms with Crippen LogP contribution < -0.4 is 10.2 Å². The summed E-state index contributed by atoms with van der Waals surface area (Å²) in [5.74, 6) is 0.511. The van der Waals surface area contributed by atoms with Crippen LogP contribution in [0.5, 0.6) is 0 Å². The van der Waals surface area contributed by atoms with Crippen LogP contribution in [0.1, 0.15) is 39.2 Å². The molecule has 1 heterocycles. The molecule has 21 heavy (non-hydrogen) atoms. The predicted octanol–water partition coefficient (Wildman–Crippen LogP) is 2.52. The second-order valence-electron chi connectivity index (χ2n) is 5.94. The summed E-state index contributed by atoms with van der Waals surface area (Å²) in [4.78, 5) is 26.3. The molecular formula is C17H24N2O2. The normalized spacial score (nSPS) is 17.0. The van der Waals surface area contributed by atoms with E-state index in [9.17, 15) is 9.59 Å². The lowest BCUT2D eigenvalue weighted by Crippen LogP contribution is -2.48. The molecule has 0 radical (unpaired) electrons. The van der Waals surface area contributed by atoms with Crippen molar-refractivity contribution in [2.45, 2.75) is 46.1 Å². The van der Waals surface area contributed by atoms with E-state index in [0.717, 1.165) is 17.7 Å². The highest BCUT2D eigenvalue weighted by Crippen LogP contribution is 2.32. The number of rotatable bonds is 5. The van der Waals surface area contributed by atoms with Crippen molar-refractivity contribution in [2.75, 3.05) is 11.4 Å². The molecule has 1 N–H and O–H groups in total. The topological polar surface area (TPSA) is 49.4 Å². The van der Waals surface area contributed by atoms with Crippen LogP contribution in [0.25, 0.3) is 0 Å². The fourth-order valence-electron chi connectivity index (χ4n) is 2.68. The summed E-state index contributed by atoms with van der Waals surface area (Å²) in [6.07, 6.45) is 1.96. The van der Waals surface area contributed by atoms with Gasteiger partial charge in [0, 0.05) is 25.1 Å². The Morgan fingerprint density at radius 3 is 2.71 bits per heavy atom. The number of anilines is 1. The number of fused-ring (bicyclic) bond motifs is 1. The maximum absolute atomic E-state index is 12.4. The SMILES string of the molecule is CCC(=O)N1c2ccccc2C[C@H]1C(=O)NCCC(C)C. The first-order valence-corrected chi connectivity index (χ1v) is 7.72. The van der Waals surface area contributed by atoms with Gasteiger partial charge in [-0.25, -0.2) is 0 Å². The Balaban J connectivity index is 2.12. The zero-order valence-corrected chi connectivity index (χ0v) is 13.1. The average Bonchev–Trinajstić information content (AvgIpc) is 2.85. The van der Waals surface area contributed by atoms with E-state index in [4.69, 9.17) is 0 Å². The molecule has 114 valence electrons. The third-order valence-electron chi connectivity index (χ3n) is 3.87. The molecule has 4 nitrogen and oxygen atoms in total. The number of hydrogen-bond donors (Lipinski definition) is 1. The third-order valence-corrected chi connectivity index (χ3v) is 3.87. The van der Waals surface area contributed by atoms with Crippen LogP contribution in [0.4, 0.5) is 5.69 Å². The highest BCUT2D eigenvalue weighted by molar-refractivity contribution is 6.03. The Morgan fingerprint density at radius 2 is 2.05 bits per heavy atom. The molecule has 1 aromatic carbocycles. The molecule has 0 saturated heterocycles. The Hall–Kier alpha value is -1.84. The lowest BCUT2D eigenvalue weighted by Gasteiger charge is -2.24. The van der Waals surface area contributed by atoms with Gasteiger partial charge >= 0.3 is 0 Å². The van der Waals surface area contributed by atoms with E-state index in [1.54, 1.807) is 4.90 Å². The van der Waals surface area contributed by atoms with Crippen molar-refractivity contribution in [3.05, 3.63) is 29.8 Å². The molecule has 0 unspecified atom stereocenters. The van der Waals surface area contributed by atoms with E-state index < -0.39 is 6.04 Å². The van der Waals surface area contributed by atoms with Crippen LogP contribution in [0.3, 0.4) is 0 Å². The summed E-state index contributed by atoms with van der Waals surface area (Å²) in [5.41, 5.74) is 1.96. The molecule has 1 atom stereocenters. The van der Waals surface area contributed by atoms with Crippen molar-refractivity contribution in [3.8, 4) is 0 Å². The van der Waals surface area contributed by atoms with Crippen LogP contribution in [0.2, 0.25) is 0 Å². The number of benzene rings is 1. The Morgan fingerprint density at radius 1 is 1.33 bits per heavy atom. The Kier molecular flexibility index (Phi) is 4.99. The average molecular weight is 288 g/mol. The molecule has 2 rings (SSSR count).